The van der Waals surface area contributed by atoms with Crippen LogP contribution >= 0.6 is 0 Å². The molecule has 1 saturated heterocycles. The fourth-order valence-corrected chi connectivity index (χ4v) is 5.51. The third kappa shape index (κ3) is 3.83. The van der Waals surface area contributed by atoms with Crippen molar-refractivity contribution in [2.45, 2.75) is 18.3 Å². The van der Waals surface area contributed by atoms with Gasteiger partial charge in [0.1, 0.15) is 11.2 Å². The fourth-order valence-electron chi connectivity index (χ4n) is 5.51. The van der Waals surface area contributed by atoms with E-state index in [-0.39, 0.29) is 17.6 Å². The Morgan fingerprint density at radius 2 is 1.64 bits per heavy atom. The van der Waals surface area contributed by atoms with E-state index in [1.165, 1.54) is 0 Å². The van der Waals surface area contributed by atoms with Crippen molar-refractivity contribution < 1.29 is 14.3 Å². The van der Waals surface area contributed by atoms with E-state index in [1.807, 2.05) is 78.9 Å². The second-order valence-electron chi connectivity index (χ2n) is 8.97. The molecule has 33 heavy (non-hydrogen) atoms. The molecule has 0 aromatic heterocycles. The Morgan fingerprint density at radius 3 is 2.27 bits per heavy atom. The highest BCUT2D eigenvalue weighted by molar-refractivity contribution is 5.98. The van der Waals surface area contributed by atoms with E-state index in [0.29, 0.717) is 19.7 Å². The quantitative estimate of drug-likeness (QED) is 0.570. The van der Waals surface area contributed by atoms with Gasteiger partial charge in [0.25, 0.3) is 0 Å². The molecule has 1 atom stereocenters. The molecule has 1 amide bonds. The Balaban J connectivity index is 1.41. The van der Waals surface area contributed by atoms with Crippen LogP contribution in [0, 0.1) is 5.92 Å². The number of carbonyl (C=O) groups excluding carboxylic acids is 2. The minimum absolute atomic E-state index is 0.0268. The molecular weight excluding hydrogens is 412 g/mol. The van der Waals surface area contributed by atoms with Crippen LogP contribution in [-0.2, 0) is 16.6 Å². The zero-order chi connectivity index (χ0) is 22.8. The first kappa shape index (κ1) is 21.4. The normalized spacial score (nSPS) is 18.0. The van der Waals surface area contributed by atoms with Crippen molar-refractivity contribution in [3.05, 3.63) is 101 Å². The van der Waals surface area contributed by atoms with Crippen molar-refractivity contribution in [1.29, 1.82) is 0 Å². The third-order valence-corrected chi connectivity index (χ3v) is 7.11. The number of ether oxygens (including phenoxy) is 1. The lowest BCUT2D eigenvalue weighted by Crippen LogP contribution is -2.49. The minimum atomic E-state index is -0.939. The molecule has 0 saturated carbocycles. The second kappa shape index (κ2) is 8.83. The summed E-state index contributed by atoms with van der Waals surface area (Å²) in [5, 5.41) is 0. The summed E-state index contributed by atoms with van der Waals surface area (Å²) in [7, 11) is 0. The van der Waals surface area contributed by atoms with E-state index < -0.39 is 5.41 Å². The summed E-state index contributed by atoms with van der Waals surface area (Å²) in [5.74, 6) is 0.594. The number of likely N-dealkylation sites (tertiary alicyclic amines) is 1. The van der Waals surface area contributed by atoms with Gasteiger partial charge in [-0.05, 0) is 53.8 Å². The molecule has 0 spiro atoms. The summed E-state index contributed by atoms with van der Waals surface area (Å²) >= 11 is 0. The van der Waals surface area contributed by atoms with Crippen molar-refractivity contribution in [1.82, 2.24) is 4.90 Å². The summed E-state index contributed by atoms with van der Waals surface area (Å²) in [4.78, 5) is 28.4. The zero-order valence-corrected chi connectivity index (χ0v) is 18.6. The third-order valence-electron chi connectivity index (χ3n) is 7.11. The summed E-state index contributed by atoms with van der Waals surface area (Å²) in [6.07, 6.45) is 1.63. The molecule has 2 N–H and O–H groups in total. The number of nitrogens with zero attached hydrogens (tertiary/aromatic N) is 1. The lowest BCUT2D eigenvalue weighted by atomic mass is 9.64. The van der Waals surface area contributed by atoms with Crippen LogP contribution in [-0.4, -0.2) is 42.8 Å². The van der Waals surface area contributed by atoms with Gasteiger partial charge in [-0.25, -0.2) is 0 Å². The highest BCUT2D eigenvalue weighted by Gasteiger charge is 2.49. The number of benzene rings is 3. The Kier molecular flexibility index (Phi) is 5.73. The highest BCUT2D eigenvalue weighted by Crippen LogP contribution is 2.43. The number of hydrogen-bond acceptors (Lipinski definition) is 4. The summed E-state index contributed by atoms with van der Waals surface area (Å²) in [5.41, 5.74) is 8.85. The number of rotatable bonds is 7. The van der Waals surface area contributed by atoms with Crippen LogP contribution in [0.15, 0.2) is 78.9 Å². The predicted molar refractivity (Wildman–Crippen MR) is 127 cm³/mol. The smallest absolute Gasteiger partial charge is 0.232 e. The van der Waals surface area contributed by atoms with Crippen LogP contribution in [0.4, 0.5) is 0 Å². The van der Waals surface area contributed by atoms with E-state index in [2.05, 4.69) is 4.90 Å². The number of Topliss-reactive ketones (excluding diaryl/α,β-unsaturated/α-hetero) is 1. The van der Waals surface area contributed by atoms with Crippen LogP contribution in [0.1, 0.15) is 33.5 Å². The predicted octanol–water partition coefficient (Wildman–Crippen LogP) is 3.60. The van der Waals surface area contributed by atoms with Gasteiger partial charge >= 0.3 is 0 Å². The van der Waals surface area contributed by atoms with Gasteiger partial charge < -0.3 is 10.5 Å². The average molecular weight is 441 g/mol. The zero-order valence-electron chi connectivity index (χ0n) is 18.6. The number of nitrogens with two attached hydrogens (primary N) is 1. The number of amides is 1. The van der Waals surface area contributed by atoms with Gasteiger partial charge in [-0.1, -0.05) is 60.7 Å². The second-order valence-corrected chi connectivity index (χ2v) is 8.97. The molecule has 2 aliphatic rings. The van der Waals surface area contributed by atoms with Gasteiger partial charge in [0.2, 0.25) is 5.91 Å². The van der Waals surface area contributed by atoms with Gasteiger partial charge in [-0.15, -0.1) is 0 Å². The van der Waals surface area contributed by atoms with Crippen molar-refractivity contribution in [2.75, 3.05) is 26.2 Å². The molecular formula is C28H28N2O3. The molecule has 0 bridgehead atoms. The van der Waals surface area contributed by atoms with Crippen LogP contribution in [0.2, 0.25) is 0 Å². The summed E-state index contributed by atoms with van der Waals surface area (Å²) in [6, 6.07) is 25.3. The number of primary amides is 1. The molecule has 0 unspecified atom stereocenters. The van der Waals surface area contributed by atoms with Gasteiger partial charge in [0.05, 0.1) is 13.2 Å². The molecule has 3 aromatic carbocycles. The Morgan fingerprint density at radius 1 is 0.970 bits per heavy atom. The van der Waals surface area contributed by atoms with Gasteiger partial charge in [0, 0.05) is 18.5 Å². The van der Waals surface area contributed by atoms with E-state index in [9.17, 15) is 9.59 Å². The number of ketones is 1. The molecule has 5 nitrogen and oxygen atoms in total. The first-order valence-corrected chi connectivity index (χ1v) is 11.5. The van der Waals surface area contributed by atoms with Crippen molar-refractivity contribution in [2.24, 2.45) is 11.7 Å². The lowest BCUT2D eigenvalue weighted by molar-refractivity contribution is -0.123. The van der Waals surface area contributed by atoms with Crippen molar-refractivity contribution >= 4 is 11.7 Å². The largest absolute Gasteiger partial charge is 0.493 e. The fraction of sp³-hybridized carbons (Fsp3) is 0.286. The summed E-state index contributed by atoms with van der Waals surface area (Å²) in [6.45, 7) is 2.38. The SMILES string of the molecule is NC(=O)C(c1ccccc1)(c1ccccc1)[C@@H]1CCN(CC(=O)c2ccc3c(c2)CCO3)C1. The maximum atomic E-state index is 13.2. The first-order chi connectivity index (χ1) is 16.1. The standard InChI is InChI=1S/C28H28N2O3/c29-27(32)28(22-7-3-1-4-8-22,23-9-5-2-6-10-23)24-13-15-30(18-24)19-25(31)20-11-12-26-21(17-20)14-16-33-26/h1-12,17,24H,13-16,18-19H2,(H2,29,32)/t24-/m1/s1. The number of carbonyl (C=O) groups is 2. The molecule has 0 aliphatic carbocycles. The van der Waals surface area contributed by atoms with E-state index in [1.54, 1.807) is 0 Å². The molecule has 2 aliphatic heterocycles. The molecule has 168 valence electrons. The summed E-state index contributed by atoms with van der Waals surface area (Å²) < 4.78 is 5.56. The number of hydrogen-bond donors (Lipinski definition) is 1. The monoisotopic (exact) mass is 440 g/mol. The molecule has 2 heterocycles. The van der Waals surface area contributed by atoms with E-state index in [0.717, 1.165) is 47.4 Å². The number of fused-ring (bicyclic) bond motifs is 1. The molecule has 1 fully saturated rings. The van der Waals surface area contributed by atoms with Crippen LogP contribution in [0.25, 0.3) is 0 Å². The Bertz CT molecular complexity index is 1120. The maximum Gasteiger partial charge on any atom is 0.232 e. The highest BCUT2D eigenvalue weighted by atomic mass is 16.5. The molecule has 5 heteroatoms. The van der Waals surface area contributed by atoms with Crippen LogP contribution < -0.4 is 10.5 Å². The lowest BCUT2D eigenvalue weighted by Gasteiger charge is -2.37. The van der Waals surface area contributed by atoms with Gasteiger partial charge in [-0.2, -0.15) is 0 Å². The Hall–Kier alpha value is -3.44. The molecule has 3 aromatic rings. The minimum Gasteiger partial charge on any atom is -0.493 e. The maximum absolute atomic E-state index is 13.2. The first-order valence-electron chi connectivity index (χ1n) is 11.5. The van der Waals surface area contributed by atoms with Gasteiger partial charge in [-0.3, -0.25) is 14.5 Å². The Labute approximate surface area is 194 Å². The van der Waals surface area contributed by atoms with Crippen molar-refractivity contribution in [3.63, 3.8) is 0 Å². The molecule has 0 radical (unpaired) electrons. The van der Waals surface area contributed by atoms with E-state index >= 15 is 0 Å². The van der Waals surface area contributed by atoms with Crippen LogP contribution in [0.5, 0.6) is 5.75 Å². The average Bonchev–Trinajstić information content (AvgIpc) is 3.50. The van der Waals surface area contributed by atoms with Crippen LogP contribution in [0.3, 0.4) is 0 Å². The van der Waals surface area contributed by atoms with Crippen molar-refractivity contribution in [3.8, 4) is 5.75 Å². The topological polar surface area (TPSA) is 72.6 Å². The van der Waals surface area contributed by atoms with E-state index in [4.69, 9.17) is 10.5 Å². The molecule has 5 rings (SSSR count). The van der Waals surface area contributed by atoms with Gasteiger partial charge in [0.15, 0.2) is 5.78 Å².